The molecule has 0 atom stereocenters. The predicted molar refractivity (Wildman–Crippen MR) is 99.8 cm³/mol. The Hall–Kier alpha value is -2.32. The maximum absolute atomic E-state index is 12.5. The molecule has 0 bridgehead atoms. The number of nitrogens with zero attached hydrogens (tertiary/aromatic N) is 1. The van der Waals surface area contributed by atoms with Gasteiger partial charge in [-0.05, 0) is 53.2 Å². The fourth-order valence-corrected chi connectivity index (χ4v) is 2.98. The highest BCUT2D eigenvalue weighted by Crippen LogP contribution is 2.29. The maximum Gasteiger partial charge on any atom is 0.338 e. The van der Waals surface area contributed by atoms with Crippen LogP contribution in [0.4, 0.5) is 11.4 Å². The first-order chi connectivity index (χ1) is 12.6. The second-order valence-corrected chi connectivity index (χ2v) is 6.39. The van der Waals surface area contributed by atoms with Gasteiger partial charge in [0.25, 0.3) is 5.91 Å². The summed E-state index contributed by atoms with van der Waals surface area (Å²) in [6, 6.07) is 8.35. The van der Waals surface area contributed by atoms with Crippen LogP contribution in [-0.2, 0) is 9.47 Å². The molecule has 2 heterocycles. The number of rotatable bonds is 5. The van der Waals surface area contributed by atoms with Gasteiger partial charge < -0.3 is 24.1 Å². The predicted octanol–water partition coefficient (Wildman–Crippen LogP) is 3.31. The molecule has 0 aliphatic carbocycles. The van der Waals surface area contributed by atoms with Gasteiger partial charge in [-0.25, -0.2) is 4.79 Å². The van der Waals surface area contributed by atoms with E-state index in [0.717, 1.165) is 5.69 Å². The van der Waals surface area contributed by atoms with Crippen molar-refractivity contribution >= 4 is 39.2 Å². The van der Waals surface area contributed by atoms with Gasteiger partial charge in [0.15, 0.2) is 10.4 Å². The highest BCUT2D eigenvalue weighted by atomic mass is 79.9. The van der Waals surface area contributed by atoms with Crippen LogP contribution >= 0.6 is 15.9 Å². The van der Waals surface area contributed by atoms with Crippen molar-refractivity contribution < 1.29 is 23.5 Å². The number of carbonyl (C=O) groups excluding carboxylic acids is 2. The molecule has 8 heteroatoms. The number of amides is 1. The van der Waals surface area contributed by atoms with E-state index < -0.39 is 11.9 Å². The lowest BCUT2D eigenvalue weighted by Gasteiger charge is -2.30. The average molecular weight is 423 g/mol. The van der Waals surface area contributed by atoms with Gasteiger partial charge in [-0.3, -0.25) is 4.79 Å². The van der Waals surface area contributed by atoms with Gasteiger partial charge in [0.2, 0.25) is 0 Å². The third kappa shape index (κ3) is 4.25. The summed E-state index contributed by atoms with van der Waals surface area (Å²) in [6.07, 6.45) is 0. The van der Waals surface area contributed by atoms with Gasteiger partial charge in [0.05, 0.1) is 36.8 Å². The molecule has 0 spiro atoms. The van der Waals surface area contributed by atoms with E-state index in [9.17, 15) is 9.59 Å². The number of morpholine rings is 1. The van der Waals surface area contributed by atoms with Crippen LogP contribution in [-0.4, -0.2) is 44.8 Å². The average Bonchev–Trinajstić information content (AvgIpc) is 3.09. The van der Waals surface area contributed by atoms with Crippen LogP contribution in [0.2, 0.25) is 0 Å². The van der Waals surface area contributed by atoms with Crippen LogP contribution in [0.5, 0.6) is 0 Å². The largest absolute Gasteiger partial charge is 0.462 e. The minimum atomic E-state index is -0.433. The zero-order valence-electron chi connectivity index (χ0n) is 14.3. The van der Waals surface area contributed by atoms with Crippen LogP contribution in [0, 0.1) is 0 Å². The highest BCUT2D eigenvalue weighted by molar-refractivity contribution is 9.10. The zero-order chi connectivity index (χ0) is 18.5. The number of esters is 1. The van der Waals surface area contributed by atoms with Crippen LogP contribution < -0.4 is 10.2 Å². The lowest BCUT2D eigenvalue weighted by Crippen LogP contribution is -2.36. The van der Waals surface area contributed by atoms with Crippen LogP contribution in [0.15, 0.2) is 39.4 Å². The number of benzene rings is 1. The first kappa shape index (κ1) is 18.5. The highest BCUT2D eigenvalue weighted by Gasteiger charge is 2.20. The molecule has 138 valence electrons. The van der Waals surface area contributed by atoms with Crippen molar-refractivity contribution in [1.82, 2.24) is 0 Å². The van der Waals surface area contributed by atoms with Crippen molar-refractivity contribution in [2.45, 2.75) is 6.92 Å². The molecule has 26 heavy (non-hydrogen) atoms. The van der Waals surface area contributed by atoms with Crippen molar-refractivity contribution in [3.8, 4) is 0 Å². The monoisotopic (exact) mass is 422 g/mol. The van der Waals surface area contributed by atoms with Crippen molar-refractivity contribution in [1.29, 1.82) is 0 Å². The number of hydrogen-bond acceptors (Lipinski definition) is 6. The minimum absolute atomic E-state index is 0.173. The molecule has 1 amide bonds. The molecule has 1 N–H and O–H groups in total. The van der Waals surface area contributed by atoms with Gasteiger partial charge in [-0.1, -0.05) is 0 Å². The van der Waals surface area contributed by atoms with E-state index in [1.807, 2.05) is 6.07 Å². The number of nitrogens with one attached hydrogen (secondary N) is 1. The number of carbonyl (C=O) groups is 2. The molecule has 0 radical (unpaired) electrons. The standard InChI is InChI=1S/C18H19BrN2O5/c1-2-25-18(23)12-3-4-14(21-7-9-24-10-8-21)13(11-12)20-17(22)15-5-6-16(19)26-15/h3-6,11H,2,7-10H2,1H3,(H,20,22). The van der Waals surface area contributed by atoms with Gasteiger partial charge in [-0.2, -0.15) is 0 Å². The van der Waals surface area contributed by atoms with Gasteiger partial charge in [0.1, 0.15) is 0 Å². The van der Waals surface area contributed by atoms with E-state index in [1.54, 1.807) is 31.2 Å². The molecule has 2 aromatic rings. The number of anilines is 2. The molecule has 0 saturated carbocycles. The molecule has 7 nitrogen and oxygen atoms in total. The Bertz CT molecular complexity index is 799. The first-order valence-electron chi connectivity index (χ1n) is 8.29. The molecular weight excluding hydrogens is 404 g/mol. The summed E-state index contributed by atoms with van der Waals surface area (Å²) in [5.74, 6) is -0.658. The molecule has 1 aromatic carbocycles. The topological polar surface area (TPSA) is 81.0 Å². The molecule has 1 saturated heterocycles. The maximum atomic E-state index is 12.5. The van der Waals surface area contributed by atoms with Gasteiger partial charge in [-0.15, -0.1) is 0 Å². The summed E-state index contributed by atoms with van der Waals surface area (Å²) in [5.41, 5.74) is 1.72. The van der Waals surface area contributed by atoms with Gasteiger partial charge in [0, 0.05) is 13.1 Å². The number of ether oxygens (including phenoxy) is 2. The second kappa shape index (κ2) is 8.37. The Morgan fingerprint density at radius 1 is 1.23 bits per heavy atom. The summed E-state index contributed by atoms with van der Waals surface area (Å²) in [4.78, 5) is 26.6. The normalized spacial score (nSPS) is 14.2. The second-order valence-electron chi connectivity index (χ2n) is 5.61. The molecule has 3 rings (SSSR count). The lowest BCUT2D eigenvalue weighted by atomic mass is 10.1. The minimum Gasteiger partial charge on any atom is -0.462 e. The quantitative estimate of drug-likeness (QED) is 0.744. The summed E-state index contributed by atoms with van der Waals surface area (Å²) >= 11 is 3.18. The van der Waals surface area contributed by atoms with Crippen LogP contribution in [0.3, 0.4) is 0 Å². The fourth-order valence-electron chi connectivity index (χ4n) is 2.68. The Morgan fingerprint density at radius 3 is 2.65 bits per heavy atom. The molecule has 1 fully saturated rings. The van der Waals surface area contributed by atoms with E-state index in [1.165, 1.54) is 0 Å². The van der Waals surface area contributed by atoms with Crippen LogP contribution in [0.1, 0.15) is 27.8 Å². The smallest absolute Gasteiger partial charge is 0.338 e. The van der Waals surface area contributed by atoms with Crippen molar-refractivity contribution in [3.63, 3.8) is 0 Å². The first-order valence-corrected chi connectivity index (χ1v) is 9.08. The van der Waals surface area contributed by atoms with E-state index in [-0.39, 0.29) is 12.4 Å². The summed E-state index contributed by atoms with van der Waals surface area (Å²) in [7, 11) is 0. The van der Waals surface area contributed by atoms with Crippen molar-refractivity contribution in [2.75, 3.05) is 43.1 Å². The third-order valence-corrected chi connectivity index (χ3v) is 4.33. The van der Waals surface area contributed by atoms with E-state index in [0.29, 0.717) is 42.2 Å². The van der Waals surface area contributed by atoms with Crippen molar-refractivity contribution in [2.24, 2.45) is 0 Å². The Labute approximate surface area is 159 Å². The van der Waals surface area contributed by atoms with Crippen molar-refractivity contribution in [3.05, 3.63) is 46.3 Å². The molecule has 1 aliphatic heterocycles. The number of furan rings is 1. The summed E-state index contributed by atoms with van der Waals surface area (Å²) in [5, 5.41) is 2.83. The molecule has 0 unspecified atom stereocenters. The van der Waals surface area contributed by atoms with Crippen LogP contribution in [0.25, 0.3) is 0 Å². The SMILES string of the molecule is CCOC(=O)c1ccc(N2CCOCC2)c(NC(=O)c2ccc(Br)o2)c1. The van der Waals surface area contributed by atoms with E-state index >= 15 is 0 Å². The zero-order valence-corrected chi connectivity index (χ0v) is 15.9. The molecular formula is C18H19BrN2O5. The van der Waals surface area contributed by atoms with E-state index in [4.69, 9.17) is 13.9 Å². The third-order valence-electron chi connectivity index (χ3n) is 3.90. The Kier molecular flexibility index (Phi) is 5.95. The van der Waals surface area contributed by atoms with E-state index in [2.05, 4.69) is 26.1 Å². The molecule has 1 aromatic heterocycles. The summed E-state index contributed by atoms with van der Waals surface area (Å²) in [6.45, 7) is 4.65. The van der Waals surface area contributed by atoms with Gasteiger partial charge >= 0.3 is 5.97 Å². The summed E-state index contributed by atoms with van der Waals surface area (Å²) < 4.78 is 16.2. The Balaban J connectivity index is 1.90. The number of halogens is 1. The number of hydrogen-bond donors (Lipinski definition) is 1. The molecule has 1 aliphatic rings. The lowest BCUT2D eigenvalue weighted by molar-refractivity contribution is 0.0526. The fraction of sp³-hybridized carbons (Fsp3) is 0.333. The Morgan fingerprint density at radius 2 is 2.00 bits per heavy atom.